The number of hydrogen-bond acceptors (Lipinski definition) is 4. The van der Waals surface area contributed by atoms with E-state index in [4.69, 9.17) is 11.5 Å². The van der Waals surface area contributed by atoms with Gasteiger partial charge in [0.15, 0.2) is 0 Å². The fourth-order valence-electron chi connectivity index (χ4n) is 2.19. The molecule has 1 amide bonds. The zero-order valence-electron chi connectivity index (χ0n) is 9.80. The second-order valence-corrected chi connectivity index (χ2v) is 4.51. The highest BCUT2D eigenvalue weighted by atomic mass is 16.1. The quantitative estimate of drug-likeness (QED) is 0.790. The summed E-state index contributed by atoms with van der Waals surface area (Å²) in [6.07, 6.45) is 1.69. The summed E-state index contributed by atoms with van der Waals surface area (Å²) < 4.78 is 0. The normalized spacial score (nSPS) is 18.1. The summed E-state index contributed by atoms with van der Waals surface area (Å²) in [4.78, 5) is 17.6. The Balaban J connectivity index is 1.88. The highest BCUT2D eigenvalue weighted by Gasteiger charge is 2.23. The van der Waals surface area contributed by atoms with Crippen LogP contribution in [-0.2, 0) is 11.3 Å². The fourth-order valence-corrected chi connectivity index (χ4v) is 2.19. The molecule has 0 atom stereocenters. The van der Waals surface area contributed by atoms with Crippen molar-refractivity contribution in [3.8, 4) is 0 Å². The highest BCUT2D eigenvalue weighted by molar-refractivity contribution is 5.76. The van der Waals surface area contributed by atoms with E-state index in [0.717, 1.165) is 38.2 Å². The summed E-state index contributed by atoms with van der Waals surface area (Å²) in [7, 11) is 0. The summed E-state index contributed by atoms with van der Waals surface area (Å²) in [6, 6.07) is 5.66. The number of carbonyl (C=O) groups excluding carboxylic acids is 1. The van der Waals surface area contributed by atoms with Crippen LogP contribution in [-0.4, -0.2) is 28.9 Å². The monoisotopic (exact) mass is 234 g/mol. The number of primary amides is 1. The molecule has 1 saturated heterocycles. The van der Waals surface area contributed by atoms with E-state index in [0.29, 0.717) is 5.82 Å². The molecular formula is C12H18N4O. The topological polar surface area (TPSA) is 85.2 Å². The average molecular weight is 234 g/mol. The van der Waals surface area contributed by atoms with Crippen molar-refractivity contribution in [1.29, 1.82) is 0 Å². The molecule has 4 N–H and O–H groups in total. The van der Waals surface area contributed by atoms with Crippen molar-refractivity contribution in [2.75, 3.05) is 18.8 Å². The molecular weight excluding hydrogens is 216 g/mol. The standard InChI is InChI=1S/C12H18N4O/c13-11-3-1-2-10(15-11)8-16-6-4-9(5-7-16)12(14)17/h1-3,9H,4-8H2,(H2,13,15)(H2,14,17). The van der Waals surface area contributed by atoms with Gasteiger partial charge in [0.05, 0.1) is 5.69 Å². The minimum atomic E-state index is -0.174. The Kier molecular flexibility index (Phi) is 3.58. The Morgan fingerprint density at radius 2 is 2.12 bits per heavy atom. The Morgan fingerprint density at radius 3 is 2.71 bits per heavy atom. The third-order valence-electron chi connectivity index (χ3n) is 3.20. The Bertz CT molecular complexity index is 399. The Labute approximate surface area is 101 Å². The molecule has 0 aromatic carbocycles. The van der Waals surface area contributed by atoms with Crippen LogP contribution in [0.3, 0.4) is 0 Å². The van der Waals surface area contributed by atoms with E-state index < -0.39 is 0 Å². The third kappa shape index (κ3) is 3.17. The number of anilines is 1. The molecule has 1 aromatic rings. The van der Waals surface area contributed by atoms with Crippen LogP contribution in [0.2, 0.25) is 0 Å². The second-order valence-electron chi connectivity index (χ2n) is 4.51. The predicted molar refractivity (Wildman–Crippen MR) is 65.8 cm³/mol. The number of carbonyl (C=O) groups is 1. The minimum absolute atomic E-state index is 0.0417. The SMILES string of the molecule is NC(=O)C1CCN(Cc2cccc(N)n2)CC1. The molecule has 92 valence electrons. The van der Waals surface area contributed by atoms with Crippen LogP contribution in [0.15, 0.2) is 18.2 Å². The van der Waals surface area contributed by atoms with Crippen LogP contribution >= 0.6 is 0 Å². The lowest BCUT2D eigenvalue weighted by atomic mass is 9.96. The van der Waals surface area contributed by atoms with Gasteiger partial charge in [-0.3, -0.25) is 9.69 Å². The molecule has 17 heavy (non-hydrogen) atoms. The molecule has 1 aliphatic rings. The first-order valence-corrected chi connectivity index (χ1v) is 5.88. The molecule has 0 aliphatic carbocycles. The van der Waals surface area contributed by atoms with Crippen molar-refractivity contribution in [2.24, 2.45) is 11.7 Å². The van der Waals surface area contributed by atoms with Gasteiger partial charge in [0, 0.05) is 12.5 Å². The maximum atomic E-state index is 11.0. The van der Waals surface area contributed by atoms with Gasteiger partial charge in [0.2, 0.25) is 5.91 Å². The van der Waals surface area contributed by atoms with Crippen molar-refractivity contribution in [3.05, 3.63) is 23.9 Å². The first-order valence-electron chi connectivity index (χ1n) is 5.88. The van der Waals surface area contributed by atoms with Crippen molar-refractivity contribution < 1.29 is 4.79 Å². The number of hydrogen-bond donors (Lipinski definition) is 2. The molecule has 2 heterocycles. The molecule has 0 saturated carbocycles. The lowest BCUT2D eigenvalue weighted by molar-refractivity contribution is -0.123. The second kappa shape index (κ2) is 5.14. The molecule has 0 radical (unpaired) electrons. The molecule has 0 unspecified atom stereocenters. The Hall–Kier alpha value is -1.62. The largest absolute Gasteiger partial charge is 0.384 e. The van der Waals surface area contributed by atoms with Crippen molar-refractivity contribution in [2.45, 2.75) is 19.4 Å². The van der Waals surface area contributed by atoms with Gasteiger partial charge in [-0.25, -0.2) is 4.98 Å². The van der Waals surface area contributed by atoms with E-state index in [-0.39, 0.29) is 11.8 Å². The van der Waals surface area contributed by atoms with Crippen LogP contribution in [0.5, 0.6) is 0 Å². The average Bonchev–Trinajstić information content (AvgIpc) is 2.29. The number of likely N-dealkylation sites (tertiary alicyclic amines) is 1. The van der Waals surface area contributed by atoms with Gasteiger partial charge in [-0.05, 0) is 38.1 Å². The van der Waals surface area contributed by atoms with E-state index >= 15 is 0 Å². The third-order valence-corrected chi connectivity index (χ3v) is 3.20. The molecule has 5 heteroatoms. The van der Waals surface area contributed by atoms with Crippen LogP contribution in [0.25, 0.3) is 0 Å². The van der Waals surface area contributed by atoms with Gasteiger partial charge in [0.25, 0.3) is 0 Å². The molecule has 1 fully saturated rings. The maximum absolute atomic E-state index is 11.0. The molecule has 1 aromatic heterocycles. The van der Waals surface area contributed by atoms with Gasteiger partial charge >= 0.3 is 0 Å². The zero-order chi connectivity index (χ0) is 12.3. The van der Waals surface area contributed by atoms with E-state index in [1.165, 1.54) is 0 Å². The number of nitrogen functional groups attached to an aromatic ring is 1. The van der Waals surface area contributed by atoms with Crippen LogP contribution in [0, 0.1) is 5.92 Å². The van der Waals surface area contributed by atoms with Crippen LogP contribution < -0.4 is 11.5 Å². The molecule has 5 nitrogen and oxygen atoms in total. The minimum Gasteiger partial charge on any atom is -0.384 e. The van der Waals surface area contributed by atoms with Gasteiger partial charge in [0.1, 0.15) is 5.82 Å². The summed E-state index contributed by atoms with van der Waals surface area (Å²) in [5.41, 5.74) is 11.9. The maximum Gasteiger partial charge on any atom is 0.220 e. The summed E-state index contributed by atoms with van der Waals surface area (Å²) in [6.45, 7) is 2.57. The number of aromatic nitrogens is 1. The summed E-state index contributed by atoms with van der Waals surface area (Å²) in [5, 5.41) is 0. The van der Waals surface area contributed by atoms with Crippen molar-refractivity contribution in [1.82, 2.24) is 9.88 Å². The molecule has 0 bridgehead atoms. The van der Waals surface area contributed by atoms with Crippen molar-refractivity contribution >= 4 is 11.7 Å². The first-order chi connectivity index (χ1) is 8.15. The molecule has 1 aliphatic heterocycles. The number of rotatable bonds is 3. The number of piperidine rings is 1. The first kappa shape index (κ1) is 11.9. The van der Waals surface area contributed by atoms with Crippen LogP contribution in [0.4, 0.5) is 5.82 Å². The number of nitrogens with zero attached hydrogens (tertiary/aromatic N) is 2. The lowest BCUT2D eigenvalue weighted by Gasteiger charge is -2.30. The summed E-state index contributed by atoms with van der Waals surface area (Å²) >= 11 is 0. The van der Waals surface area contributed by atoms with Crippen LogP contribution in [0.1, 0.15) is 18.5 Å². The number of amides is 1. The fraction of sp³-hybridized carbons (Fsp3) is 0.500. The molecule has 0 spiro atoms. The number of pyridine rings is 1. The zero-order valence-corrected chi connectivity index (χ0v) is 9.80. The number of nitrogens with two attached hydrogens (primary N) is 2. The molecule has 2 rings (SSSR count). The van der Waals surface area contributed by atoms with Gasteiger partial charge in [-0.1, -0.05) is 6.07 Å². The smallest absolute Gasteiger partial charge is 0.220 e. The predicted octanol–water partition coefficient (Wildman–Crippen LogP) is 0.361. The highest BCUT2D eigenvalue weighted by Crippen LogP contribution is 2.18. The van der Waals surface area contributed by atoms with E-state index in [2.05, 4.69) is 9.88 Å². The van der Waals surface area contributed by atoms with E-state index in [1.54, 1.807) is 6.07 Å². The lowest BCUT2D eigenvalue weighted by Crippen LogP contribution is -2.38. The van der Waals surface area contributed by atoms with Gasteiger partial charge < -0.3 is 11.5 Å². The van der Waals surface area contributed by atoms with E-state index in [9.17, 15) is 4.79 Å². The van der Waals surface area contributed by atoms with E-state index in [1.807, 2.05) is 12.1 Å². The Morgan fingerprint density at radius 1 is 1.41 bits per heavy atom. The van der Waals surface area contributed by atoms with Crippen molar-refractivity contribution in [3.63, 3.8) is 0 Å². The van der Waals surface area contributed by atoms with Gasteiger partial charge in [-0.15, -0.1) is 0 Å². The summed E-state index contributed by atoms with van der Waals surface area (Å²) in [5.74, 6) is 0.418. The van der Waals surface area contributed by atoms with Gasteiger partial charge in [-0.2, -0.15) is 0 Å².